The number of hydrogen-bond donors (Lipinski definition) is 2. The molecule has 0 saturated heterocycles. The number of hydrogen-bond acceptors (Lipinski definition) is 6. The van der Waals surface area contributed by atoms with Crippen molar-refractivity contribution in [1.82, 2.24) is 5.32 Å². The molecule has 0 saturated carbocycles. The van der Waals surface area contributed by atoms with Gasteiger partial charge in [-0.1, -0.05) is 58.0 Å². The van der Waals surface area contributed by atoms with Crippen LogP contribution in [0, 0.1) is 23.7 Å². The van der Waals surface area contributed by atoms with Gasteiger partial charge in [0, 0.05) is 32.6 Å². The molecular formula is C36H51NO5S. The van der Waals surface area contributed by atoms with E-state index in [1.54, 1.807) is 25.6 Å². The van der Waals surface area contributed by atoms with Gasteiger partial charge >= 0.3 is 0 Å². The highest BCUT2D eigenvalue weighted by Crippen LogP contribution is 2.32. The lowest BCUT2D eigenvalue weighted by molar-refractivity contribution is -0.127. The smallest absolute Gasteiger partial charge is 0.223 e. The zero-order valence-electron chi connectivity index (χ0n) is 26.8. The van der Waals surface area contributed by atoms with E-state index >= 15 is 0 Å². The summed E-state index contributed by atoms with van der Waals surface area (Å²) in [6.45, 7) is 10.3. The fourth-order valence-corrected chi connectivity index (χ4v) is 6.05. The van der Waals surface area contributed by atoms with E-state index in [-0.39, 0.29) is 17.7 Å². The maximum atomic E-state index is 13.2. The fourth-order valence-electron chi connectivity index (χ4n) is 5.38. The van der Waals surface area contributed by atoms with E-state index in [0.717, 1.165) is 36.3 Å². The number of amides is 1. The number of rotatable bonds is 19. The van der Waals surface area contributed by atoms with E-state index in [4.69, 9.17) is 14.2 Å². The van der Waals surface area contributed by atoms with Crippen molar-refractivity contribution >= 4 is 17.2 Å². The van der Waals surface area contributed by atoms with Crippen LogP contribution in [0.4, 0.5) is 0 Å². The van der Waals surface area contributed by atoms with Crippen LogP contribution in [-0.4, -0.2) is 44.6 Å². The minimum absolute atomic E-state index is 0.00707. The molecule has 0 fully saturated rings. The lowest BCUT2D eigenvalue weighted by Gasteiger charge is -2.26. The molecular weight excluding hydrogens is 558 g/mol. The molecule has 0 aliphatic rings. The van der Waals surface area contributed by atoms with Crippen LogP contribution in [0.1, 0.15) is 64.5 Å². The second-order valence-corrected chi connectivity index (χ2v) is 12.9. The minimum atomic E-state index is -0.528. The summed E-state index contributed by atoms with van der Waals surface area (Å²) in [4.78, 5) is 13.2. The van der Waals surface area contributed by atoms with Crippen molar-refractivity contribution < 1.29 is 24.1 Å². The highest BCUT2D eigenvalue weighted by Gasteiger charge is 2.26. The Labute approximate surface area is 262 Å². The van der Waals surface area contributed by atoms with E-state index < -0.39 is 6.10 Å². The Hall–Kier alpha value is -2.87. The van der Waals surface area contributed by atoms with E-state index in [1.807, 2.05) is 6.07 Å². The molecule has 2 aromatic carbocycles. The van der Waals surface area contributed by atoms with Crippen LogP contribution in [-0.2, 0) is 22.5 Å². The highest BCUT2D eigenvalue weighted by molar-refractivity contribution is 7.08. The number of aliphatic hydroxyl groups is 1. The first-order valence-corrected chi connectivity index (χ1v) is 16.5. The van der Waals surface area contributed by atoms with Crippen molar-refractivity contribution in [2.45, 2.75) is 72.4 Å². The summed E-state index contributed by atoms with van der Waals surface area (Å²) in [5, 5.41) is 18.4. The van der Waals surface area contributed by atoms with Crippen LogP contribution in [0.25, 0.3) is 11.1 Å². The molecule has 1 amide bonds. The predicted octanol–water partition coefficient (Wildman–Crippen LogP) is 7.77. The molecule has 6 nitrogen and oxygen atoms in total. The average Bonchev–Trinajstić information content (AvgIpc) is 3.54. The zero-order valence-corrected chi connectivity index (χ0v) is 27.6. The topological polar surface area (TPSA) is 77.0 Å². The van der Waals surface area contributed by atoms with E-state index in [1.165, 1.54) is 16.7 Å². The number of ether oxygens (including phenoxy) is 3. The summed E-state index contributed by atoms with van der Waals surface area (Å²) < 4.78 is 16.6. The third kappa shape index (κ3) is 11.3. The van der Waals surface area contributed by atoms with Crippen molar-refractivity contribution in [2.75, 3.05) is 27.4 Å². The zero-order chi connectivity index (χ0) is 31.2. The van der Waals surface area contributed by atoms with E-state index in [9.17, 15) is 9.90 Å². The summed E-state index contributed by atoms with van der Waals surface area (Å²) in [6, 6.07) is 16.6. The Kier molecular flexibility index (Phi) is 14.5. The van der Waals surface area contributed by atoms with Crippen LogP contribution in [0.2, 0.25) is 0 Å². The third-order valence-corrected chi connectivity index (χ3v) is 8.92. The van der Waals surface area contributed by atoms with Gasteiger partial charge in [0.05, 0.1) is 19.8 Å². The first-order chi connectivity index (χ1) is 20.7. The molecule has 43 heavy (non-hydrogen) atoms. The van der Waals surface area contributed by atoms with Crippen LogP contribution in [0.5, 0.6) is 11.5 Å². The lowest BCUT2D eigenvalue weighted by atomic mass is 9.82. The first kappa shape index (κ1) is 34.6. The van der Waals surface area contributed by atoms with Crippen molar-refractivity contribution in [2.24, 2.45) is 23.7 Å². The second kappa shape index (κ2) is 18.1. The molecule has 3 atom stereocenters. The van der Waals surface area contributed by atoms with Gasteiger partial charge in [0.2, 0.25) is 5.91 Å². The molecule has 3 aromatic rings. The number of aliphatic hydroxyl groups excluding tert-OH is 1. The maximum Gasteiger partial charge on any atom is 0.223 e. The Bertz CT molecular complexity index is 1210. The average molecular weight is 610 g/mol. The molecule has 2 N–H and O–H groups in total. The molecule has 0 aliphatic heterocycles. The molecule has 2 unspecified atom stereocenters. The number of methoxy groups -OCH3 is 2. The van der Waals surface area contributed by atoms with Crippen molar-refractivity contribution in [3.05, 3.63) is 70.4 Å². The normalized spacial score (nSPS) is 13.6. The Balaban J connectivity index is 1.52. The molecule has 7 heteroatoms. The number of carbonyl (C=O) groups excluding carboxylic acids is 1. The van der Waals surface area contributed by atoms with Crippen LogP contribution in [0.15, 0.2) is 59.3 Å². The van der Waals surface area contributed by atoms with Gasteiger partial charge in [-0.15, -0.1) is 0 Å². The Morgan fingerprint density at radius 3 is 2.26 bits per heavy atom. The predicted molar refractivity (Wildman–Crippen MR) is 177 cm³/mol. The molecule has 1 aromatic heterocycles. The summed E-state index contributed by atoms with van der Waals surface area (Å²) >= 11 is 1.69. The van der Waals surface area contributed by atoms with Gasteiger partial charge in [-0.25, -0.2) is 0 Å². The van der Waals surface area contributed by atoms with Crippen molar-refractivity contribution in [3.63, 3.8) is 0 Å². The maximum absolute atomic E-state index is 13.2. The largest absolute Gasteiger partial charge is 0.493 e. The van der Waals surface area contributed by atoms with Crippen LogP contribution >= 0.6 is 11.3 Å². The molecule has 0 radical (unpaired) electrons. The number of nitrogens with one attached hydrogen (secondary N) is 1. The van der Waals surface area contributed by atoms with E-state index in [0.29, 0.717) is 44.4 Å². The van der Waals surface area contributed by atoms with E-state index in [2.05, 4.69) is 86.2 Å². The van der Waals surface area contributed by atoms with Gasteiger partial charge in [-0.2, -0.15) is 11.3 Å². The van der Waals surface area contributed by atoms with Crippen LogP contribution in [0.3, 0.4) is 0 Å². The standard InChI is InChI=1S/C36H51NO5S/c1-25(2)30(20-28-10-15-34(41-6)35(21-28)42-18-7-17-40-5)13-14-32(38)22-33(26(3)4)36(39)37-23-27-8-11-29(12-9-27)31-16-19-43-24-31/h8-12,15-16,19,21,24-26,30,32-33,38H,7,13-14,17-18,20,22-23H2,1-6H3,(H,37,39)/t30?,32-,33?/m1/s1. The molecule has 1 heterocycles. The lowest BCUT2D eigenvalue weighted by Crippen LogP contribution is -2.35. The number of benzene rings is 2. The van der Waals surface area contributed by atoms with Crippen molar-refractivity contribution in [3.8, 4) is 22.6 Å². The fraction of sp³-hybridized carbons (Fsp3) is 0.528. The van der Waals surface area contributed by atoms with Gasteiger partial charge in [0.25, 0.3) is 0 Å². The third-order valence-electron chi connectivity index (χ3n) is 8.23. The summed E-state index contributed by atoms with van der Waals surface area (Å²) in [7, 11) is 3.35. The quantitative estimate of drug-likeness (QED) is 0.136. The van der Waals surface area contributed by atoms with Gasteiger partial charge in [0.1, 0.15) is 0 Å². The molecule has 0 bridgehead atoms. The van der Waals surface area contributed by atoms with Gasteiger partial charge in [-0.05, 0) is 94.7 Å². The summed E-state index contributed by atoms with van der Waals surface area (Å²) in [5.74, 6) is 2.24. The number of thiophene rings is 1. The Morgan fingerprint density at radius 1 is 0.884 bits per heavy atom. The van der Waals surface area contributed by atoms with Crippen LogP contribution < -0.4 is 14.8 Å². The highest BCUT2D eigenvalue weighted by atomic mass is 32.1. The number of carbonyl (C=O) groups is 1. The van der Waals surface area contributed by atoms with Gasteiger partial charge in [0.15, 0.2) is 11.5 Å². The Morgan fingerprint density at radius 2 is 1.63 bits per heavy atom. The molecule has 0 aliphatic carbocycles. The molecule has 3 rings (SSSR count). The summed E-state index contributed by atoms with van der Waals surface area (Å²) in [5.41, 5.74) is 4.65. The molecule has 0 spiro atoms. The summed E-state index contributed by atoms with van der Waals surface area (Å²) in [6.07, 6.45) is 3.20. The van der Waals surface area contributed by atoms with Crippen molar-refractivity contribution in [1.29, 1.82) is 0 Å². The second-order valence-electron chi connectivity index (χ2n) is 12.1. The monoisotopic (exact) mass is 609 g/mol. The van der Waals surface area contributed by atoms with Gasteiger partial charge < -0.3 is 24.6 Å². The van der Waals surface area contributed by atoms with Gasteiger partial charge in [-0.3, -0.25) is 4.79 Å². The first-order valence-electron chi connectivity index (χ1n) is 15.6. The SMILES string of the molecule is COCCCOc1cc(CC(CC[C@@H](O)CC(C(=O)NCc2ccc(-c3ccsc3)cc2)C(C)C)C(C)C)ccc1OC. The molecule has 236 valence electrons. The minimum Gasteiger partial charge on any atom is -0.493 e.